The normalized spacial score (nSPS) is 23.9. The van der Waals surface area contributed by atoms with Gasteiger partial charge in [0.25, 0.3) is 0 Å². The number of nitrogens with zero attached hydrogens (tertiary/aromatic N) is 4. The molecule has 2 aliphatic heterocycles. The Morgan fingerprint density at radius 2 is 1.96 bits per heavy atom. The maximum Gasteiger partial charge on any atom is 0.131 e. The summed E-state index contributed by atoms with van der Waals surface area (Å²) >= 11 is 0. The molecule has 2 saturated heterocycles. The monoisotopic (exact) mass is 386 g/mol. The van der Waals surface area contributed by atoms with E-state index in [9.17, 15) is 9.50 Å². The molecule has 28 heavy (non-hydrogen) atoms. The Balaban J connectivity index is 1.33. The van der Waals surface area contributed by atoms with Gasteiger partial charge in [-0.25, -0.2) is 9.37 Å². The predicted octanol–water partition coefficient (Wildman–Crippen LogP) is 1.60. The van der Waals surface area contributed by atoms with E-state index in [0.717, 1.165) is 38.5 Å². The lowest BCUT2D eigenvalue weighted by Crippen LogP contribution is -2.53. The number of aliphatic hydroxyl groups excluding tert-OH is 1. The molecule has 1 N–H and O–H groups in total. The third-order valence-corrected chi connectivity index (χ3v) is 5.75. The molecule has 6 nitrogen and oxygen atoms in total. The number of ether oxygens (including phenoxy) is 1. The average molecular weight is 386 g/mol. The van der Waals surface area contributed by atoms with Gasteiger partial charge in [0.1, 0.15) is 17.4 Å². The zero-order valence-electron chi connectivity index (χ0n) is 16.2. The lowest BCUT2D eigenvalue weighted by atomic mass is 10.1. The SMILES string of the molecule is COc1ccc(CN2C[C@H](O)[C@@H](N3CCN(c4ccccn4)CC3)C2)c(F)c1. The van der Waals surface area contributed by atoms with Crippen LogP contribution in [0.5, 0.6) is 5.75 Å². The van der Waals surface area contributed by atoms with E-state index < -0.39 is 6.10 Å². The number of likely N-dealkylation sites (tertiary alicyclic amines) is 1. The Hall–Kier alpha value is -2.22. The molecular formula is C21H27FN4O2. The van der Waals surface area contributed by atoms with Crippen molar-refractivity contribution in [1.29, 1.82) is 0 Å². The highest BCUT2D eigenvalue weighted by atomic mass is 19.1. The van der Waals surface area contributed by atoms with Crippen molar-refractivity contribution in [2.75, 3.05) is 51.3 Å². The predicted molar refractivity (Wildman–Crippen MR) is 106 cm³/mol. The van der Waals surface area contributed by atoms with Crippen LogP contribution < -0.4 is 9.64 Å². The fraction of sp³-hybridized carbons (Fsp3) is 0.476. The Morgan fingerprint density at radius 3 is 2.64 bits per heavy atom. The molecule has 2 fully saturated rings. The first-order valence-electron chi connectivity index (χ1n) is 9.77. The molecule has 2 aliphatic rings. The minimum Gasteiger partial charge on any atom is -0.497 e. The third kappa shape index (κ3) is 4.11. The van der Waals surface area contributed by atoms with Crippen LogP contribution in [0.2, 0.25) is 0 Å². The first-order valence-corrected chi connectivity index (χ1v) is 9.77. The zero-order chi connectivity index (χ0) is 19.5. The van der Waals surface area contributed by atoms with Crippen molar-refractivity contribution in [1.82, 2.24) is 14.8 Å². The van der Waals surface area contributed by atoms with Gasteiger partial charge in [0, 0.05) is 69.7 Å². The summed E-state index contributed by atoms with van der Waals surface area (Å²) in [7, 11) is 1.53. The van der Waals surface area contributed by atoms with Crippen molar-refractivity contribution in [3.05, 3.63) is 54.0 Å². The van der Waals surface area contributed by atoms with Crippen molar-refractivity contribution >= 4 is 5.82 Å². The first-order chi connectivity index (χ1) is 13.6. The first kappa shape index (κ1) is 19.1. The number of anilines is 1. The Kier molecular flexibility index (Phi) is 5.75. The van der Waals surface area contributed by atoms with Gasteiger partial charge in [-0.3, -0.25) is 9.80 Å². The quantitative estimate of drug-likeness (QED) is 0.843. The van der Waals surface area contributed by atoms with Crippen molar-refractivity contribution in [3.8, 4) is 5.75 Å². The summed E-state index contributed by atoms with van der Waals surface area (Å²) in [5.41, 5.74) is 0.633. The van der Waals surface area contributed by atoms with Crippen molar-refractivity contribution in [2.45, 2.75) is 18.7 Å². The second-order valence-electron chi connectivity index (χ2n) is 7.50. The highest BCUT2D eigenvalue weighted by Gasteiger charge is 2.37. The number of aliphatic hydroxyl groups is 1. The van der Waals surface area contributed by atoms with Crippen LogP contribution in [0.4, 0.5) is 10.2 Å². The molecule has 0 unspecified atom stereocenters. The Labute approximate surface area is 165 Å². The molecule has 0 spiro atoms. The molecule has 0 aliphatic carbocycles. The summed E-state index contributed by atoms with van der Waals surface area (Å²) in [6.07, 6.45) is 1.40. The molecule has 0 amide bonds. The van der Waals surface area contributed by atoms with Crippen LogP contribution in [0.15, 0.2) is 42.6 Å². The Bertz CT molecular complexity index is 783. The number of hydrogen-bond donors (Lipinski definition) is 1. The molecule has 0 saturated carbocycles. The van der Waals surface area contributed by atoms with Gasteiger partial charge in [-0.05, 0) is 18.2 Å². The molecule has 150 valence electrons. The fourth-order valence-electron chi connectivity index (χ4n) is 4.18. The molecule has 2 aromatic rings. The van der Waals surface area contributed by atoms with Gasteiger partial charge >= 0.3 is 0 Å². The van der Waals surface area contributed by atoms with E-state index in [0.29, 0.717) is 24.4 Å². The smallest absolute Gasteiger partial charge is 0.131 e. The molecular weight excluding hydrogens is 359 g/mol. The van der Waals surface area contributed by atoms with Crippen LogP contribution in [-0.2, 0) is 6.54 Å². The minimum atomic E-state index is -0.414. The Morgan fingerprint density at radius 1 is 1.14 bits per heavy atom. The van der Waals surface area contributed by atoms with Crippen LogP contribution in [0.1, 0.15) is 5.56 Å². The van der Waals surface area contributed by atoms with Gasteiger partial charge in [-0.1, -0.05) is 12.1 Å². The maximum atomic E-state index is 14.3. The summed E-state index contributed by atoms with van der Waals surface area (Å²) in [6.45, 7) is 5.39. The number of halogens is 1. The van der Waals surface area contributed by atoms with E-state index >= 15 is 0 Å². The standard InChI is InChI=1S/C21H27FN4O2/c1-28-17-6-5-16(18(22)12-17)13-24-14-19(20(27)15-24)25-8-10-26(11-9-25)21-4-2-3-7-23-21/h2-7,12,19-20,27H,8-11,13-15H2,1H3/t19-,20-/m0/s1. The summed E-state index contributed by atoms with van der Waals surface area (Å²) < 4.78 is 19.3. The topological polar surface area (TPSA) is 52.1 Å². The second kappa shape index (κ2) is 8.43. The van der Waals surface area contributed by atoms with E-state index in [-0.39, 0.29) is 11.9 Å². The largest absolute Gasteiger partial charge is 0.497 e. The average Bonchev–Trinajstić information content (AvgIpc) is 3.10. The molecule has 0 bridgehead atoms. The number of hydrogen-bond acceptors (Lipinski definition) is 6. The highest BCUT2D eigenvalue weighted by molar-refractivity contribution is 5.38. The summed E-state index contributed by atoms with van der Waals surface area (Å²) in [4.78, 5) is 11.2. The second-order valence-corrected chi connectivity index (χ2v) is 7.50. The van der Waals surface area contributed by atoms with E-state index in [4.69, 9.17) is 4.74 Å². The third-order valence-electron chi connectivity index (χ3n) is 5.75. The van der Waals surface area contributed by atoms with Gasteiger partial charge < -0.3 is 14.7 Å². The van der Waals surface area contributed by atoms with Gasteiger partial charge in [0.2, 0.25) is 0 Å². The van der Waals surface area contributed by atoms with Gasteiger partial charge in [-0.15, -0.1) is 0 Å². The molecule has 2 atom stereocenters. The molecule has 4 rings (SSSR count). The number of benzene rings is 1. The summed E-state index contributed by atoms with van der Waals surface area (Å²) in [6, 6.07) is 11.0. The molecule has 1 aromatic carbocycles. The van der Waals surface area contributed by atoms with Crippen molar-refractivity contribution in [3.63, 3.8) is 0 Å². The van der Waals surface area contributed by atoms with Crippen molar-refractivity contribution in [2.24, 2.45) is 0 Å². The molecule has 1 aromatic heterocycles. The van der Waals surface area contributed by atoms with E-state index in [1.807, 2.05) is 24.4 Å². The molecule has 7 heteroatoms. The van der Waals surface area contributed by atoms with Gasteiger partial charge in [0.05, 0.1) is 13.2 Å². The number of methoxy groups -OCH3 is 1. The lowest BCUT2D eigenvalue weighted by molar-refractivity contribution is 0.0790. The van der Waals surface area contributed by atoms with E-state index in [1.165, 1.54) is 13.2 Å². The summed E-state index contributed by atoms with van der Waals surface area (Å²) in [5.74, 6) is 1.26. The van der Waals surface area contributed by atoms with Crippen LogP contribution in [-0.4, -0.2) is 78.4 Å². The van der Waals surface area contributed by atoms with E-state index in [2.05, 4.69) is 19.7 Å². The highest BCUT2D eigenvalue weighted by Crippen LogP contribution is 2.23. The van der Waals surface area contributed by atoms with E-state index in [1.54, 1.807) is 12.1 Å². The van der Waals surface area contributed by atoms with Crippen molar-refractivity contribution < 1.29 is 14.2 Å². The van der Waals surface area contributed by atoms with Crippen LogP contribution >= 0.6 is 0 Å². The van der Waals surface area contributed by atoms with Crippen LogP contribution in [0, 0.1) is 5.82 Å². The van der Waals surface area contributed by atoms with Crippen LogP contribution in [0.3, 0.4) is 0 Å². The fourth-order valence-corrected chi connectivity index (χ4v) is 4.18. The number of pyridine rings is 1. The summed E-state index contributed by atoms with van der Waals surface area (Å²) in [5, 5.41) is 10.6. The number of rotatable bonds is 5. The number of β-amino-alcohol motifs (C(OH)–C–C–N with tert-alkyl or cyclic N) is 1. The van der Waals surface area contributed by atoms with Gasteiger partial charge in [-0.2, -0.15) is 0 Å². The lowest BCUT2D eigenvalue weighted by Gasteiger charge is -2.39. The minimum absolute atomic E-state index is 0.0900. The molecule has 0 radical (unpaired) electrons. The van der Waals surface area contributed by atoms with Crippen LogP contribution in [0.25, 0.3) is 0 Å². The zero-order valence-corrected chi connectivity index (χ0v) is 16.2. The maximum absolute atomic E-state index is 14.3. The number of piperazine rings is 1. The van der Waals surface area contributed by atoms with Gasteiger partial charge in [0.15, 0.2) is 0 Å². The number of aromatic nitrogens is 1. The molecule has 3 heterocycles.